The number of amides is 2. The van der Waals surface area contributed by atoms with Gasteiger partial charge in [-0.2, -0.15) is 0 Å². The van der Waals surface area contributed by atoms with E-state index in [1.165, 1.54) is 0 Å². The van der Waals surface area contributed by atoms with E-state index in [0.717, 1.165) is 12.1 Å². The molecule has 0 heterocycles. The first-order valence-electron chi connectivity index (χ1n) is 8.45. The highest BCUT2D eigenvalue weighted by molar-refractivity contribution is 5.94. The van der Waals surface area contributed by atoms with Crippen LogP contribution < -0.4 is 21.1 Å². The summed E-state index contributed by atoms with van der Waals surface area (Å²) in [5, 5.41) is 5.22. The van der Waals surface area contributed by atoms with E-state index in [1.54, 1.807) is 24.3 Å². The van der Waals surface area contributed by atoms with E-state index in [2.05, 4.69) is 10.6 Å². The molecule has 144 valence electrons. The second kappa shape index (κ2) is 10.2. The van der Waals surface area contributed by atoms with Gasteiger partial charge in [0.2, 0.25) is 5.91 Å². The van der Waals surface area contributed by atoms with Gasteiger partial charge in [0, 0.05) is 31.3 Å². The van der Waals surface area contributed by atoms with Crippen LogP contribution in [0.4, 0.5) is 14.5 Å². The molecule has 2 amide bonds. The normalized spacial score (nSPS) is 10.3. The molecule has 0 spiro atoms. The zero-order valence-corrected chi connectivity index (χ0v) is 14.6. The molecule has 0 aromatic heterocycles. The number of hydrogen-bond donors (Lipinski definition) is 3. The summed E-state index contributed by atoms with van der Waals surface area (Å²) in [5.74, 6) is -1.88. The SMILES string of the molecule is NCCOc1ccc(NC(=O)CCCNC(=O)c2ccc(F)cc2F)cc1. The summed E-state index contributed by atoms with van der Waals surface area (Å²) in [6, 6.07) is 9.61. The number of halogens is 2. The summed E-state index contributed by atoms with van der Waals surface area (Å²) in [6.07, 6.45) is 0.551. The average Bonchev–Trinajstić information content (AvgIpc) is 2.64. The van der Waals surface area contributed by atoms with Crippen LogP contribution in [0.1, 0.15) is 23.2 Å². The zero-order chi connectivity index (χ0) is 19.6. The molecule has 0 aliphatic carbocycles. The van der Waals surface area contributed by atoms with Crippen molar-refractivity contribution < 1.29 is 23.1 Å². The molecule has 2 rings (SSSR count). The molecule has 2 aromatic rings. The fourth-order valence-electron chi connectivity index (χ4n) is 2.25. The summed E-state index contributed by atoms with van der Waals surface area (Å²) in [7, 11) is 0. The molecule has 0 aliphatic heterocycles. The molecule has 0 bridgehead atoms. The van der Waals surface area contributed by atoms with Crippen LogP contribution >= 0.6 is 0 Å². The topological polar surface area (TPSA) is 93.4 Å². The van der Waals surface area contributed by atoms with Crippen molar-refractivity contribution in [2.75, 3.05) is 25.0 Å². The lowest BCUT2D eigenvalue weighted by molar-refractivity contribution is -0.116. The summed E-state index contributed by atoms with van der Waals surface area (Å²) in [4.78, 5) is 23.7. The monoisotopic (exact) mass is 377 g/mol. The van der Waals surface area contributed by atoms with Crippen LogP contribution in [-0.2, 0) is 4.79 Å². The minimum Gasteiger partial charge on any atom is -0.492 e. The van der Waals surface area contributed by atoms with E-state index in [-0.39, 0.29) is 24.4 Å². The number of benzene rings is 2. The fourth-order valence-corrected chi connectivity index (χ4v) is 2.25. The number of anilines is 1. The molecule has 0 saturated heterocycles. The van der Waals surface area contributed by atoms with Gasteiger partial charge in [0.05, 0.1) is 5.56 Å². The molecule has 27 heavy (non-hydrogen) atoms. The van der Waals surface area contributed by atoms with E-state index in [9.17, 15) is 18.4 Å². The first kappa shape index (κ1) is 20.3. The van der Waals surface area contributed by atoms with Crippen molar-refractivity contribution in [3.8, 4) is 5.75 Å². The molecule has 2 aromatic carbocycles. The molecule has 4 N–H and O–H groups in total. The average molecular weight is 377 g/mol. The second-order valence-electron chi connectivity index (χ2n) is 5.69. The summed E-state index contributed by atoms with van der Waals surface area (Å²) in [5.41, 5.74) is 5.74. The maximum Gasteiger partial charge on any atom is 0.254 e. The van der Waals surface area contributed by atoms with Crippen molar-refractivity contribution >= 4 is 17.5 Å². The number of nitrogens with one attached hydrogen (secondary N) is 2. The Morgan fingerprint density at radius 2 is 1.81 bits per heavy atom. The predicted octanol–water partition coefficient (Wildman–Crippen LogP) is 2.45. The minimum atomic E-state index is -0.927. The third kappa shape index (κ3) is 6.67. The Balaban J connectivity index is 1.70. The first-order chi connectivity index (χ1) is 13.0. The standard InChI is InChI=1S/C19H21F2N3O3/c20-13-3-8-16(17(21)12-13)19(26)23-10-1-2-18(25)24-14-4-6-15(7-5-14)27-11-9-22/h3-8,12H,1-2,9-11,22H2,(H,23,26)(H,24,25). The molecule has 0 radical (unpaired) electrons. The van der Waals surface area contributed by atoms with Gasteiger partial charge in [-0.05, 0) is 42.8 Å². The number of ether oxygens (including phenoxy) is 1. The Morgan fingerprint density at radius 1 is 1.07 bits per heavy atom. The van der Waals surface area contributed by atoms with Gasteiger partial charge in [-0.3, -0.25) is 9.59 Å². The number of carbonyl (C=O) groups excluding carboxylic acids is 2. The van der Waals surface area contributed by atoms with E-state index >= 15 is 0 Å². The summed E-state index contributed by atoms with van der Waals surface area (Å²) < 4.78 is 31.7. The van der Waals surface area contributed by atoms with Crippen LogP contribution in [0.25, 0.3) is 0 Å². The second-order valence-corrected chi connectivity index (χ2v) is 5.69. The Kier molecular flexibility index (Phi) is 7.69. The summed E-state index contributed by atoms with van der Waals surface area (Å²) >= 11 is 0. The van der Waals surface area contributed by atoms with Crippen molar-refractivity contribution in [1.29, 1.82) is 0 Å². The predicted molar refractivity (Wildman–Crippen MR) is 97.5 cm³/mol. The maximum absolute atomic E-state index is 13.5. The molecule has 0 unspecified atom stereocenters. The van der Waals surface area contributed by atoms with Gasteiger partial charge in [-0.15, -0.1) is 0 Å². The number of nitrogens with two attached hydrogens (primary N) is 1. The lowest BCUT2D eigenvalue weighted by Gasteiger charge is -2.08. The van der Waals surface area contributed by atoms with E-state index in [1.807, 2.05) is 0 Å². The van der Waals surface area contributed by atoms with Crippen molar-refractivity contribution in [3.63, 3.8) is 0 Å². The van der Waals surface area contributed by atoms with Crippen LogP contribution in [0.2, 0.25) is 0 Å². The van der Waals surface area contributed by atoms with Gasteiger partial charge in [-0.25, -0.2) is 8.78 Å². The smallest absolute Gasteiger partial charge is 0.254 e. The number of carbonyl (C=O) groups is 2. The van der Waals surface area contributed by atoms with Crippen LogP contribution in [0.3, 0.4) is 0 Å². The summed E-state index contributed by atoms with van der Waals surface area (Å²) in [6.45, 7) is 1.02. The lowest BCUT2D eigenvalue weighted by Crippen LogP contribution is -2.26. The quantitative estimate of drug-likeness (QED) is 0.585. The van der Waals surface area contributed by atoms with Crippen molar-refractivity contribution in [2.24, 2.45) is 5.73 Å². The zero-order valence-electron chi connectivity index (χ0n) is 14.6. The molecular weight excluding hydrogens is 356 g/mol. The van der Waals surface area contributed by atoms with E-state index in [4.69, 9.17) is 10.5 Å². The molecular formula is C19H21F2N3O3. The van der Waals surface area contributed by atoms with Crippen molar-refractivity contribution in [1.82, 2.24) is 5.32 Å². The van der Waals surface area contributed by atoms with E-state index in [0.29, 0.717) is 37.1 Å². The highest BCUT2D eigenvalue weighted by Crippen LogP contribution is 2.16. The van der Waals surface area contributed by atoms with Crippen LogP contribution in [0.15, 0.2) is 42.5 Å². The largest absolute Gasteiger partial charge is 0.492 e. The fraction of sp³-hybridized carbons (Fsp3) is 0.263. The number of rotatable bonds is 9. The van der Waals surface area contributed by atoms with Crippen molar-refractivity contribution in [2.45, 2.75) is 12.8 Å². The Morgan fingerprint density at radius 3 is 2.48 bits per heavy atom. The molecule has 0 aliphatic rings. The van der Waals surface area contributed by atoms with Gasteiger partial charge < -0.3 is 21.1 Å². The maximum atomic E-state index is 13.5. The van der Waals surface area contributed by atoms with Crippen LogP contribution in [0, 0.1) is 11.6 Å². The number of hydrogen-bond acceptors (Lipinski definition) is 4. The van der Waals surface area contributed by atoms with Gasteiger partial charge in [0.15, 0.2) is 0 Å². The van der Waals surface area contributed by atoms with Crippen LogP contribution in [0.5, 0.6) is 5.75 Å². The molecule has 8 heteroatoms. The molecule has 0 saturated carbocycles. The molecule has 6 nitrogen and oxygen atoms in total. The third-order valence-electron chi connectivity index (χ3n) is 3.57. The van der Waals surface area contributed by atoms with Gasteiger partial charge in [-0.1, -0.05) is 0 Å². The van der Waals surface area contributed by atoms with Crippen molar-refractivity contribution in [3.05, 3.63) is 59.7 Å². The minimum absolute atomic E-state index is 0.178. The highest BCUT2D eigenvalue weighted by atomic mass is 19.1. The third-order valence-corrected chi connectivity index (χ3v) is 3.57. The highest BCUT2D eigenvalue weighted by Gasteiger charge is 2.12. The lowest BCUT2D eigenvalue weighted by atomic mass is 10.2. The van der Waals surface area contributed by atoms with Gasteiger partial charge in [0.1, 0.15) is 24.0 Å². The Bertz CT molecular complexity index is 782. The Labute approximate surface area is 155 Å². The van der Waals surface area contributed by atoms with E-state index < -0.39 is 17.5 Å². The Hall–Kier alpha value is -3.00. The molecule has 0 fully saturated rings. The molecule has 0 atom stereocenters. The van der Waals surface area contributed by atoms with Crippen LogP contribution in [-0.4, -0.2) is 31.5 Å². The van der Waals surface area contributed by atoms with Gasteiger partial charge in [0.25, 0.3) is 5.91 Å². The first-order valence-corrected chi connectivity index (χ1v) is 8.45. The van der Waals surface area contributed by atoms with Gasteiger partial charge >= 0.3 is 0 Å².